The number of aryl methyl sites for hydroxylation is 1. The summed E-state index contributed by atoms with van der Waals surface area (Å²) in [5.41, 5.74) is 6.90. The summed E-state index contributed by atoms with van der Waals surface area (Å²) in [7, 11) is 1.32. The van der Waals surface area contributed by atoms with Gasteiger partial charge in [0.25, 0.3) is 0 Å². The third-order valence-electron chi connectivity index (χ3n) is 2.11. The van der Waals surface area contributed by atoms with Crippen molar-refractivity contribution in [2.24, 2.45) is 5.73 Å². The Morgan fingerprint density at radius 1 is 1.67 bits per heavy atom. The summed E-state index contributed by atoms with van der Waals surface area (Å²) in [4.78, 5) is 15.5. The minimum atomic E-state index is -0.546. The molecule has 1 aromatic rings. The first kappa shape index (κ1) is 11.9. The monoisotopic (exact) mass is 228 g/mol. The van der Waals surface area contributed by atoms with Crippen LogP contribution in [0.2, 0.25) is 5.15 Å². The number of methoxy groups -OCH3 is 1. The summed E-state index contributed by atoms with van der Waals surface area (Å²) < 4.78 is 4.64. The maximum atomic E-state index is 11.4. The van der Waals surface area contributed by atoms with Gasteiger partial charge < -0.3 is 10.5 Å². The van der Waals surface area contributed by atoms with Gasteiger partial charge in [-0.2, -0.15) is 0 Å². The second kappa shape index (κ2) is 5.09. The molecule has 0 amide bonds. The summed E-state index contributed by atoms with van der Waals surface area (Å²) in [5, 5.41) is 0.302. The zero-order chi connectivity index (χ0) is 11.4. The van der Waals surface area contributed by atoms with Gasteiger partial charge in [-0.05, 0) is 13.0 Å². The van der Waals surface area contributed by atoms with Crippen LogP contribution in [0.3, 0.4) is 0 Å². The van der Waals surface area contributed by atoms with Crippen molar-refractivity contribution in [2.75, 3.05) is 13.7 Å². The van der Waals surface area contributed by atoms with Crippen molar-refractivity contribution < 1.29 is 9.53 Å². The van der Waals surface area contributed by atoms with Gasteiger partial charge in [-0.15, -0.1) is 0 Å². The molecule has 0 aliphatic rings. The van der Waals surface area contributed by atoms with E-state index in [9.17, 15) is 4.79 Å². The van der Waals surface area contributed by atoms with Crippen molar-refractivity contribution in [3.05, 3.63) is 28.5 Å². The summed E-state index contributed by atoms with van der Waals surface area (Å²) >= 11 is 5.93. The number of halogens is 1. The van der Waals surface area contributed by atoms with Crippen LogP contribution in [0.25, 0.3) is 0 Å². The Morgan fingerprint density at radius 3 is 2.80 bits per heavy atom. The van der Waals surface area contributed by atoms with Crippen molar-refractivity contribution in [1.29, 1.82) is 0 Å². The van der Waals surface area contributed by atoms with Gasteiger partial charge in [0.05, 0.1) is 13.0 Å². The number of pyridine rings is 1. The van der Waals surface area contributed by atoms with Gasteiger partial charge in [-0.25, -0.2) is 4.98 Å². The van der Waals surface area contributed by atoms with E-state index in [1.165, 1.54) is 7.11 Å². The number of rotatable bonds is 3. The highest BCUT2D eigenvalue weighted by Gasteiger charge is 2.22. The van der Waals surface area contributed by atoms with E-state index < -0.39 is 11.9 Å². The van der Waals surface area contributed by atoms with E-state index >= 15 is 0 Å². The highest BCUT2D eigenvalue weighted by molar-refractivity contribution is 6.30. The number of carbonyl (C=O) groups is 1. The van der Waals surface area contributed by atoms with E-state index in [1.807, 2.05) is 6.92 Å². The molecule has 4 nitrogen and oxygen atoms in total. The normalized spacial score (nSPS) is 12.3. The first-order valence-corrected chi connectivity index (χ1v) is 4.89. The Morgan fingerprint density at radius 2 is 2.33 bits per heavy atom. The smallest absolute Gasteiger partial charge is 0.314 e. The molecule has 0 bridgehead atoms. The maximum Gasteiger partial charge on any atom is 0.314 e. The van der Waals surface area contributed by atoms with Gasteiger partial charge in [-0.3, -0.25) is 4.79 Å². The molecule has 0 fully saturated rings. The van der Waals surface area contributed by atoms with Gasteiger partial charge in [0, 0.05) is 17.8 Å². The molecule has 2 N–H and O–H groups in total. The van der Waals surface area contributed by atoms with Gasteiger partial charge in [0.2, 0.25) is 0 Å². The lowest BCUT2D eigenvalue weighted by atomic mass is 10.0. The number of esters is 1. The quantitative estimate of drug-likeness (QED) is 0.625. The fraction of sp³-hybridized carbons (Fsp3) is 0.400. The molecular formula is C10H13ClN2O2. The molecule has 1 aromatic heterocycles. The topological polar surface area (TPSA) is 65.2 Å². The van der Waals surface area contributed by atoms with Gasteiger partial charge >= 0.3 is 5.97 Å². The van der Waals surface area contributed by atoms with E-state index in [4.69, 9.17) is 17.3 Å². The molecule has 5 heteroatoms. The lowest BCUT2D eigenvalue weighted by Gasteiger charge is -2.13. The first-order valence-electron chi connectivity index (χ1n) is 4.51. The van der Waals surface area contributed by atoms with E-state index in [1.54, 1.807) is 12.1 Å². The van der Waals surface area contributed by atoms with Crippen molar-refractivity contribution in [1.82, 2.24) is 4.98 Å². The fourth-order valence-corrected chi connectivity index (χ4v) is 1.62. The van der Waals surface area contributed by atoms with E-state index in [0.717, 1.165) is 5.69 Å². The Kier molecular flexibility index (Phi) is 4.05. The molecule has 0 radical (unpaired) electrons. The number of nitrogens with two attached hydrogens (primary N) is 1. The molecule has 0 aliphatic carbocycles. The van der Waals surface area contributed by atoms with Gasteiger partial charge in [0.1, 0.15) is 5.15 Å². The minimum absolute atomic E-state index is 0.150. The third kappa shape index (κ3) is 2.67. The number of hydrogen-bond acceptors (Lipinski definition) is 4. The second-order valence-corrected chi connectivity index (χ2v) is 3.50. The van der Waals surface area contributed by atoms with E-state index in [-0.39, 0.29) is 6.54 Å². The summed E-state index contributed by atoms with van der Waals surface area (Å²) in [6.45, 7) is 1.97. The number of nitrogens with zero attached hydrogens (tertiary/aromatic N) is 1. The molecule has 0 spiro atoms. The molecule has 1 atom stereocenters. The van der Waals surface area contributed by atoms with Crippen LogP contribution in [0.5, 0.6) is 0 Å². The third-order valence-corrected chi connectivity index (χ3v) is 2.42. The lowest BCUT2D eigenvalue weighted by Crippen LogP contribution is -2.23. The molecular weight excluding hydrogens is 216 g/mol. The van der Waals surface area contributed by atoms with E-state index in [2.05, 4.69) is 9.72 Å². The van der Waals surface area contributed by atoms with Crippen LogP contribution in [0.1, 0.15) is 17.2 Å². The van der Waals surface area contributed by atoms with Crippen LogP contribution < -0.4 is 5.73 Å². The van der Waals surface area contributed by atoms with Gasteiger partial charge in [-0.1, -0.05) is 17.7 Å². The van der Waals surface area contributed by atoms with E-state index in [0.29, 0.717) is 10.7 Å². The number of hydrogen-bond donors (Lipinski definition) is 1. The highest BCUT2D eigenvalue weighted by Crippen LogP contribution is 2.23. The molecule has 82 valence electrons. The van der Waals surface area contributed by atoms with Crippen molar-refractivity contribution >= 4 is 17.6 Å². The fourth-order valence-electron chi connectivity index (χ4n) is 1.29. The summed E-state index contributed by atoms with van der Waals surface area (Å²) in [6.07, 6.45) is 0. The Labute approximate surface area is 93.4 Å². The Balaban J connectivity index is 3.07. The predicted molar refractivity (Wildman–Crippen MR) is 57.8 cm³/mol. The minimum Gasteiger partial charge on any atom is -0.469 e. The predicted octanol–water partition coefficient (Wildman–Crippen LogP) is 1.26. The first-order chi connectivity index (χ1) is 7.10. The summed E-state index contributed by atoms with van der Waals surface area (Å²) in [6, 6.07) is 3.53. The van der Waals surface area contributed by atoms with Crippen LogP contribution in [0, 0.1) is 6.92 Å². The Bertz CT molecular complexity index is 368. The van der Waals surface area contributed by atoms with Crippen LogP contribution in [-0.2, 0) is 9.53 Å². The summed E-state index contributed by atoms with van der Waals surface area (Å²) in [5.74, 6) is -0.944. The molecule has 15 heavy (non-hydrogen) atoms. The average Bonchev–Trinajstić information content (AvgIpc) is 2.21. The largest absolute Gasteiger partial charge is 0.469 e. The molecule has 1 heterocycles. The number of carbonyl (C=O) groups excluding carboxylic acids is 1. The number of aromatic nitrogens is 1. The van der Waals surface area contributed by atoms with Crippen molar-refractivity contribution in [3.8, 4) is 0 Å². The lowest BCUT2D eigenvalue weighted by molar-refractivity contribution is -0.142. The molecule has 0 saturated heterocycles. The Hall–Kier alpha value is -1.13. The zero-order valence-corrected chi connectivity index (χ0v) is 9.41. The highest BCUT2D eigenvalue weighted by atomic mass is 35.5. The maximum absolute atomic E-state index is 11.4. The average molecular weight is 229 g/mol. The van der Waals surface area contributed by atoms with Crippen LogP contribution >= 0.6 is 11.6 Å². The van der Waals surface area contributed by atoms with Crippen LogP contribution in [0.4, 0.5) is 0 Å². The molecule has 1 unspecified atom stereocenters. The van der Waals surface area contributed by atoms with Crippen molar-refractivity contribution in [2.45, 2.75) is 12.8 Å². The molecule has 0 aliphatic heterocycles. The van der Waals surface area contributed by atoms with Crippen LogP contribution in [0.15, 0.2) is 12.1 Å². The molecule has 0 saturated carbocycles. The van der Waals surface area contributed by atoms with Gasteiger partial charge in [0.15, 0.2) is 0 Å². The molecule has 1 rings (SSSR count). The standard InChI is InChI=1S/C10H13ClN2O2/c1-6-3-4-7(9(11)13-6)8(5-12)10(14)15-2/h3-4,8H,5,12H2,1-2H3. The second-order valence-electron chi connectivity index (χ2n) is 3.14. The molecule has 0 aromatic carbocycles. The zero-order valence-electron chi connectivity index (χ0n) is 8.66. The SMILES string of the molecule is COC(=O)C(CN)c1ccc(C)nc1Cl. The van der Waals surface area contributed by atoms with Crippen LogP contribution in [-0.4, -0.2) is 24.6 Å². The van der Waals surface area contributed by atoms with Crippen molar-refractivity contribution in [3.63, 3.8) is 0 Å². The number of ether oxygens (including phenoxy) is 1.